The minimum absolute atomic E-state index is 0.0624. The standard InChI is InChI=1S/C27H34BrN3O3/c1-5-7-10-20(6-2)26(32)30(17-18-34-4)19(3)25-29-24-12-9-8-11-23(24)27(33)31(25)22-15-13-21(28)14-16-22/h8-9,11-16,19-20H,5-7,10,17-18H2,1-4H3. The molecule has 3 aromatic rings. The van der Waals surface area contributed by atoms with E-state index in [0.29, 0.717) is 35.6 Å². The van der Waals surface area contributed by atoms with Gasteiger partial charge in [0.15, 0.2) is 0 Å². The maximum atomic E-state index is 13.7. The van der Waals surface area contributed by atoms with Crippen molar-refractivity contribution in [1.29, 1.82) is 0 Å². The first-order chi connectivity index (χ1) is 16.4. The molecule has 2 atom stereocenters. The lowest BCUT2D eigenvalue weighted by Gasteiger charge is -2.33. The summed E-state index contributed by atoms with van der Waals surface area (Å²) in [6.45, 7) is 6.99. The molecule has 2 aromatic carbocycles. The first-order valence-electron chi connectivity index (χ1n) is 12.0. The Balaban J connectivity index is 2.16. The largest absolute Gasteiger partial charge is 0.383 e. The Kier molecular flexibility index (Phi) is 9.42. The predicted molar refractivity (Wildman–Crippen MR) is 140 cm³/mol. The summed E-state index contributed by atoms with van der Waals surface area (Å²) in [6.07, 6.45) is 3.69. The van der Waals surface area contributed by atoms with Crippen molar-refractivity contribution in [3.8, 4) is 5.69 Å². The molecular formula is C27H34BrN3O3. The number of fused-ring (bicyclic) bond motifs is 1. The summed E-state index contributed by atoms with van der Waals surface area (Å²) in [7, 11) is 1.63. The Morgan fingerprint density at radius 3 is 2.50 bits per heavy atom. The number of rotatable bonds is 11. The quantitative estimate of drug-likeness (QED) is 0.311. The molecular weight excluding hydrogens is 494 g/mol. The smallest absolute Gasteiger partial charge is 0.266 e. The molecule has 1 amide bonds. The van der Waals surface area contributed by atoms with E-state index in [1.54, 1.807) is 17.7 Å². The number of methoxy groups -OCH3 is 1. The summed E-state index contributed by atoms with van der Waals surface area (Å²) in [5, 5.41) is 0.547. The molecule has 0 aliphatic rings. The molecule has 1 heterocycles. The number of carbonyl (C=O) groups excluding carboxylic acids is 1. The zero-order chi connectivity index (χ0) is 24.7. The molecule has 0 saturated carbocycles. The van der Waals surface area contributed by atoms with Gasteiger partial charge < -0.3 is 9.64 Å². The number of amides is 1. The maximum Gasteiger partial charge on any atom is 0.266 e. The summed E-state index contributed by atoms with van der Waals surface area (Å²) in [6, 6.07) is 14.5. The summed E-state index contributed by atoms with van der Waals surface area (Å²) in [4.78, 5) is 34.1. The van der Waals surface area contributed by atoms with Crippen molar-refractivity contribution in [2.75, 3.05) is 20.3 Å². The summed E-state index contributed by atoms with van der Waals surface area (Å²) in [5.74, 6) is 0.568. The number of nitrogens with zero attached hydrogens (tertiary/aromatic N) is 3. The van der Waals surface area contributed by atoms with Crippen LogP contribution < -0.4 is 5.56 Å². The normalized spacial score (nSPS) is 13.1. The summed E-state index contributed by atoms with van der Waals surface area (Å²) >= 11 is 3.47. The fourth-order valence-electron chi connectivity index (χ4n) is 4.28. The van der Waals surface area contributed by atoms with Crippen molar-refractivity contribution >= 4 is 32.7 Å². The third-order valence-electron chi connectivity index (χ3n) is 6.30. The monoisotopic (exact) mass is 527 g/mol. The predicted octanol–water partition coefficient (Wildman–Crippen LogP) is 5.90. The van der Waals surface area contributed by atoms with E-state index in [2.05, 4.69) is 29.8 Å². The van der Waals surface area contributed by atoms with Crippen molar-refractivity contribution in [2.24, 2.45) is 5.92 Å². The van der Waals surface area contributed by atoms with Crippen LogP contribution in [0.1, 0.15) is 58.3 Å². The molecule has 0 aliphatic carbocycles. The van der Waals surface area contributed by atoms with Gasteiger partial charge in [-0.25, -0.2) is 4.98 Å². The van der Waals surface area contributed by atoms with Crippen molar-refractivity contribution in [1.82, 2.24) is 14.5 Å². The maximum absolute atomic E-state index is 13.7. The van der Waals surface area contributed by atoms with Gasteiger partial charge in [0.2, 0.25) is 5.91 Å². The highest BCUT2D eigenvalue weighted by molar-refractivity contribution is 9.10. The fraction of sp³-hybridized carbons (Fsp3) is 0.444. The number of carbonyl (C=O) groups is 1. The number of aromatic nitrogens is 2. The summed E-state index contributed by atoms with van der Waals surface area (Å²) < 4.78 is 7.90. The fourth-order valence-corrected chi connectivity index (χ4v) is 4.55. The third kappa shape index (κ3) is 5.76. The number of hydrogen-bond acceptors (Lipinski definition) is 4. The second-order valence-electron chi connectivity index (χ2n) is 8.55. The van der Waals surface area contributed by atoms with Crippen molar-refractivity contribution in [3.05, 3.63) is 69.2 Å². The zero-order valence-corrected chi connectivity index (χ0v) is 22.0. The lowest BCUT2D eigenvalue weighted by Crippen LogP contribution is -2.42. The second kappa shape index (κ2) is 12.3. The lowest BCUT2D eigenvalue weighted by molar-refractivity contribution is -0.139. The highest BCUT2D eigenvalue weighted by Crippen LogP contribution is 2.27. The number of halogens is 1. The molecule has 0 spiro atoms. The average molecular weight is 528 g/mol. The highest BCUT2D eigenvalue weighted by atomic mass is 79.9. The minimum atomic E-state index is -0.417. The van der Waals surface area contributed by atoms with Crippen molar-refractivity contribution in [2.45, 2.75) is 52.5 Å². The summed E-state index contributed by atoms with van der Waals surface area (Å²) in [5.41, 5.74) is 1.19. The molecule has 0 fully saturated rings. The van der Waals surface area contributed by atoms with Gasteiger partial charge in [-0.2, -0.15) is 0 Å². The topological polar surface area (TPSA) is 64.4 Å². The molecule has 2 unspecified atom stereocenters. The third-order valence-corrected chi connectivity index (χ3v) is 6.82. The zero-order valence-electron chi connectivity index (χ0n) is 20.5. The van der Waals surface area contributed by atoms with Gasteiger partial charge in [-0.1, -0.05) is 54.8 Å². The van der Waals surface area contributed by atoms with Gasteiger partial charge in [0, 0.05) is 24.0 Å². The van der Waals surface area contributed by atoms with Crippen LogP contribution >= 0.6 is 15.9 Å². The van der Waals surface area contributed by atoms with Crippen molar-refractivity contribution < 1.29 is 9.53 Å². The van der Waals surface area contributed by atoms with Gasteiger partial charge in [-0.05, 0) is 56.2 Å². The Hall–Kier alpha value is -2.51. The van der Waals surface area contributed by atoms with E-state index in [1.165, 1.54) is 0 Å². The SMILES string of the molecule is CCCCC(CC)C(=O)N(CCOC)C(C)c1nc2ccccc2c(=O)n1-c1ccc(Br)cc1. The first kappa shape index (κ1) is 26.1. The van der Waals surface area contributed by atoms with E-state index in [9.17, 15) is 9.59 Å². The van der Waals surface area contributed by atoms with Gasteiger partial charge >= 0.3 is 0 Å². The Morgan fingerprint density at radius 1 is 1.15 bits per heavy atom. The molecule has 0 radical (unpaired) electrons. The van der Waals surface area contributed by atoms with E-state index in [-0.39, 0.29) is 17.4 Å². The van der Waals surface area contributed by atoms with Gasteiger partial charge in [0.25, 0.3) is 5.56 Å². The average Bonchev–Trinajstić information content (AvgIpc) is 2.85. The van der Waals surface area contributed by atoms with Crippen LogP contribution in [0, 0.1) is 5.92 Å². The molecule has 182 valence electrons. The van der Waals surface area contributed by atoms with Gasteiger partial charge in [-0.15, -0.1) is 0 Å². The van der Waals surface area contributed by atoms with Crippen LogP contribution in [0.3, 0.4) is 0 Å². The second-order valence-corrected chi connectivity index (χ2v) is 9.47. The molecule has 0 aliphatic heterocycles. The number of hydrogen-bond donors (Lipinski definition) is 0. The van der Waals surface area contributed by atoms with Crippen LogP contribution in [0.15, 0.2) is 57.8 Å². The Labute approximate surface area is 210 Å². The molecule has 7 heteroatoms. The number of benzene rings is 2. The molecule has 34 heavy (non-hydrogen) atoms. The van der Waals surface area contributed by atoms with E-state index in [0.717, 1.165) is 30.2 Å². The molecule has 6 nitrogen and oxygen atoms in total. The first-order valence-corrected chi connectivity index (χ1v) is 12.8. The minimum Gasteiger partial charge on any atom is -0.383 e. The molecule has 0 N–H and O–H groups in total. The molecule has 0 bridgehead atoms. The molecule has 0 saturated heterocycles. The lowest BCUT2D eigenvalue weighted by atomic mass is 9.97. The number of ether oxygens (including phenoxy) is 1. The van der Waals surface area contributed by atoms with E-state index >= 15 is 0 Å². The van der Waals surface area contributed by atoms with Gasteiger partial charge in [0.1, 0.15) is 5.82 Å². The van der Waals surface area contributed by atoms with Crippen LogP contribution in [-0.4, -0.2) is 40.6 Å². The van der Waals surface area contributed by atoms with E-state index < -0.39 is 6.04 Å². The van der Waals surface area contributed by atoms with Crippen LogP contribution in [0.25, 0.3) is 16.6 Å². The van der Waals surface area contributed by atoms with Crippen LogP contribution in [0.5, 0.6) is 0 Å². The van der Waals surface area contributed by atoms with Crippen LogP contribution in [0.2, 0.25) is 0 Å². The number of para-hydroxylation sites is 1. The van der Waals surface area contributed by atoms with Crippen LogP contribution in [0.4, 0.5) is 0 Å². The van der Waals surface area contributed by atoms with Crippen LogP contribution in [-0.2, 0) is 9.53 Å². The molecule has 3 rings (SSSR count). The Bertz CT molecular complexity index is 1160. The Morgan fingerprint density at radius 2 is 1.85 bits per heavy atom. The number of unbranched alkanes of at least 4 members (excludes halogenated alkanes) is 1. The van der Waals surface area contributed by atoms with E-state index in [1.807, 2.05) is 54.3 Å². The molecule has 1 aromatic heterocycles. The van der Waals surface area contributed by atoms with Crippen molar-refractivity contribution in [3.63, 3.8) is 0 Å². The van der Waals surface area contributed by atoms with Gasteiger partial charge in [-0.3, -0.25) is 14.2 Å². The highest BCUT2D eigenvalue weighted by Gasteiger charge is 2.30. The van der Waals surface area contributed by atoms with Gasteiger partial charge in [0.05, 0.1) is 29.2 Å². The van der Waals surface area contributed by atoms with E-state index in [4.69, 9.17) is 9.72 Å².